The lowest BCUT2D eigenvalue weighted by atomic mass is 9.91. The maximum absolute atomic E-state index is 13.6. The highest BCUT2D eigenvalue weighted by atomic mass is 32.2. The lowest BCUT2D eigenvalue weighted by Gasteiger charge is -2.37. The summed E-state index contributed by atoms with van der Waals surface area (Å²) >= 11 is 1.44. The molecule has 8 nitrogen and oxygen atoms in total. The molecule has 192 valence electrons. The van der Waals surface area contributed by atoms with Crippen LogP contribution in [-0.4, -0.2) is 48.8 Å². The van der Waals surface area contributed by atoms with Gasteiger partial charge in [-0.25, -0.2) is 9.79 Å². The van der Waals surface area contributed by atoms with Gasteiger partial charge in [0.1, 0.15) is 0 Å². The van der Waals surface area contributed by atoms with E-state index in [0.717, 1.165) is 29.7 Å². The summed E-state index contributed by atoms with van der Waals surface area (Å²) in [5.41, 5.74) is 3.33. The van der Waals surface area contributed by atoms with Crippen LogP contribution in [0.4, 0.5) is 0 Å². The minimum atomic E-state index is -0.587. The van der Waals surface area contributed by atoms with Crippen molar-refractivity contribution < 1.29 is 23.8 Å². The number of methoxy groups -OCH3 is 2. The van der Waals surface area contributed by atoms with Gasteiger partial charge < -0.3 is 24.4 Å². The van der Waals surface area contributed by atoms with E-state index in [0.29, 0.717) is 27.9 Å². The van der Waals surface area contributed by atoms with Crippen LogP contribution in [0.25, 0.3) is 5.70 Å². The maximum Gasteiger partial charge on any atom is 0.338 e. The number of benzene rings is 2. The van der Waals surface area contributed by atoms with Gasteiger partial charge in [0.05, 0.1) is 44.6 Å². The van der Waals surface area contributed by atoms with Crippen molar-refractivity contribution in [3.05, 3.63) is 76.3 Å². The Labute approximate surface area is 220 Å². The monoisotopic (exact) mass is 519 g/mol. The Balaban J connectivity index is 1.65. The minimum Gasteiger partial charge on any atom is -0.493 e. The van der Waals surface area contributed by atoms with Crippen LogP contribution >= 0.6 is 11.8 Å². The van der Waals surface area contributed by atoms with Crippen LogP contribution < -0.4 is 14.8 Å². The fraction of sp³-hybridized carbons (Fsp3) is 0.321. The number of carbonyl (C=O) groups excluding carboxylic acids is 2. The molecule has 0 bridgehead atoms. The molecule has 9 heteroatoms. The van der Waals surface area contributed by atoms with E-state index in [1.165, 1.54) is 11.8 Å². The molecule has 3 aliphatic rings. The van der Waals surface area contributed by atoms with Gasteiger partial charge >= 0.3 is 5.97 Å². The molecule has 1 amide bonds. The Morgan fingerprint density at radius 2 is 1.84 bits per heavy atom. The fourth-order valence-corrected chi connectivity index (χ4v) is 5.42. The molecule has 0 aromatic heterocycles. The molecule has 1 fully saturated rings. The Morgan fingerprint density at radius 1 is 1.08 bits per heavy atom. The first-order valence-electron chi connectivity index (χ1n) is 12.3. The third-order valence-electron chi connectivity index (χ3n) is 6.36. The first kappa shape index (κ1) is 25.0. The van der Waals surface area contributed by atoms with E-state index in [9.17, 15) is 9.59 Å². The number of nitrogens with zero attached hydrogens (tertiary/aromatic N) is 2. The van der Waals surface area contributed by atoms with Crippen LogP contribution in [0, 0.1) is 0 Å². The summed E-state index contributed by atoms with van der Waals surface area (Å²) in [4.78, 5) is 33.3. The minimum absolute atomic E-state index is 0.0443. The normalized spacial score (nSPS) is 18.6. The number of nitrogens with one attached hydrogen (secondary N) is 1. The van der Waals surface area contributed by atoms with Crippen LogP contribution in [0.3, 0.4) is 0 Å². The van der Waals surface area contributed by atoms with Crippen molar-refractivity contribution in [2.45, 2.75) is 38.3 Å². The molecule has 1 aliphatic carbocycles. The molecule has 2 aromatic rings. The first-order chi connectivity index (χ1) is 18.0. The van der Waals surface area contributed by atoms with E-state index in [1.54, 1.807) is 21.1 Å². The summed E-state index contributed by atoms with van der Waals surface area (Å²) in [6.07, 6.45) is 2.21. The van der Waals surface area contributed by atoms with Crippen molar-refractivity contribution >= 4 is 34.5 Å². The number of hydrogen-bond donors (Lipinski definition) is 1. The van der Waals surface area contributed by atoms with Crippen molar-refractivity contribution in [2.75, 3.05) is 20.8 Å². The summed E-state index contributed by atoms with van der Waals surface area (Å²) in [7, 11) is 3.16. The van der Waals surface area contributed by atoms with Gasteiger partial charge in [0.25, 0.3) is 0 Å². The number of thioether (sulfide) groups is 1. The van der Waals surface area contributed by atoms with Crippen molar-refractivity contribution in [3.8, 4) is 11.5 Å². The number of carbonyl (C=O) groups is 2. The molecule has 5 rings (SSSR count). The van der Waals surface area contributed by atoms with Gasteiger partial charge in [-0.2, -0.15) is 0 Å². The number of aliphatic imine (C=N–C) groups is 1. The average Bonchev–Trinajstić information content (AvgIpc) is 3.65. The number of amidine groups is 1. The second-order valence-corrected chi connectivity index (χ2v) is 9.71. The second-order valence-electron chi connectivity index (χ2n) is 8.88. The Kier molecular flexibility index (Phi) is 7.23. The van der Waals surface area contributed by atoms with Gasteiger partial charge in [-0.05, 0) is 42.9 Å². The molecule has 2 heterocycles. The van der Waals surface area contributed by atoms with Crippen LogP contribution in [0.5, 0.6) is 11.5 Å². The number of ether oxygens (including phenoxy) is 3. The van der Waals surface area contributed by atoms with Crippen LogP contribution in [-0.2, 0) is 14.3 Å². The summed E-state index contributed by atoms with van der Waals surface area (Å²) in [5, 5.41) is 5.69. The smallest absolute Gasteiger partial charge is 0.338 e. The van der Waals surface area contributed by atoms with Crippen LogP contribution in [0.2, 0.25) is 0 Å². The zero-order chi connectivity index (χ0) is 25.9. The number of amides is 1. The van der Waals surface area contributed by atoms with E-state index >= 15 is 0 Å². The lowest BCUT2D eigenvalue weighted by Crippen LogP contribution is -2.38. The molecule has 1 unspecified atom stereocenters. The number of rotatable bonds is 9. The van der Waals surface area contributed by atoms with E-state index in [4.69, 9.17) is 19.2 Å². The molecule has 1 atom stereocenters. The molecule has 0 spiro atoms. The molecule has 0 saturated heterocycles. The Bertz CT molecular complexity index is 1300. The molecule has 1 N–H and O–H groups in total. The highest BCUT2D eigenvalue weighted by molar-refractivity contribution is 8.16. The predicted octanol–water partition coefficient (Wildman–Crippen LogP) is 4.65. The van der Waals surface area contributed by atoms with Gasteiger partial charge in [0, 0.05) is 17.3 Å². The van der Waals surface area contributed by atoms with E-state index in [1.807, 2.05) is 58.8 Å². The van der Waals surface area contributed by atoms with Gasteiger partial charge in [-0.1, -0.05) is 48.2 Å². The highest BCUT2D eigenvalue weighted by Gasteiger charge is 2.42. The number of fused-ring (bicyclic) bond motifs is 1. The Hall–Kier alpha value is -3.72. The summed E-state index contributed by atoms with van der Waals surface area (Å²) < 4.78 is 16.6. The van der Waals surface area contributed by atoms with Crippen molar-refractivity contribution in [2.24, 2.45) is 4.99 Å². The molecule has 2 aromatic carbocycles. The standard InChI is InChI=1S/C28H29N3O5S/c1-4-36-27(33)24-25(17-8-6-5-7-9-17)30-28-31(20(16-37-28)15-23(32)29-19-11-12-19)26(24)18-10-13-21(34-2)22(14-18)35-3/h5-10,13-14,16,19,26H,4,11-12,15H2,1-3H3,(H,29,32). The first-order valence-corrected chi connectivity index (χ1v) is 13.1. The molecule has 1 saturated carbocycles. The number of esters is 1. The van der Waals surface area contributed by atoms with Crippen LogP contribution in [0.15, 0.2) is 70.2 Å². The van der Waals surface area contributed by atoms with Gasteiger partial charge in [-0.3, -0.25) is 4.79 Å². The molecule has 2 aliphatic heterocycles. The zero-order valence-electron chi connectivity index (χ0n) is 21.0. The summed E-state index contributed by atoms with van der Waals surface area (Å²) in [6, 6.07) is 14.9. The van der Waals surface area contributed by atoms with E-state index < -0.39 is 12.0 Å². The Morgan fingerprint density at radius 3 is 2.51 bits per heavy atom. The molecule has 0 radical (unpaired) electrons. The van der Waals surface area contributed by atoms with E-state index in [-0.39, 0.29) is 25.0 Å². The van der Waals surface area contributed by atoms with Gasteiger partial charge in [0.2, 0.25) is 5.91 Å². The largest absolute Gasteiger partial charge is 0.493 e. The predicted molar refractivity (Wildman–Crippen MR) is 143 cm³/mol. The van der Waals surface area contributed by atoms with E-state index in [2.05, 4.69) is 5.32 Å². The molecular formula is C28H29N3O5S. The summed E-state index contributed by atoms with van der Waals surface area (Å²) in [6.45, 7) is 2.00. The molecule has 37 heavy (non-hydrogen) atoms. The topological polar surface area (TPSA) is 89.5 Å². The zero-order valence-corrected chi connectivity index (χ0v) is 21.8. The average molecular weight is 520 g/mol. The van der Waals surface area contributed by atoms with Crippen LogP contribution in [0.1, 0.15) is 43.4 Å². The summed E-state index contributed by atoms with van der Waals surface area (Å²) in [5.74, 6) is 0.619. The third kappa shape index (κ3) is 5.09. The second kappa shape index (κ2) is 10.7. The highest BCUT2D eigenvalue weighted by Crippen LogP contribution is 2.48. The fourth-order valence-electron chi connectivity index (χ4n) is 4.50. The molecular weight excluding hydrogens is 490 g/mol. The van der Waals surface area contributed by atoms with Gasteiger partial charge in [-0.15, -0.1) is 0 Å². The number of hydrogen-bond acceptors (Lipinski definition) is 8. The van der Waals surface area contributed by atoms with Crippen molar-refractivity contribution in [3.63, 3.8) is 0 Å². The quantitative estimate of drug-likeness (QED) is 0.483. The SMILES string of the molecule is CCOC(=O)C1=C(c2ccccc2)N=C2SC=C(CC(=O)NC3CC3)N2C1c1ccc(OC)c(OC)c1. The third-order valence-corrected chi connectivity index (χ3v) is 7.25. The lowest BCUT2D eigenvalue weighted by molar-refractivity contribution is -0.139. The van der Waals surface area contributed by atoms with Crippen molar-refractivity contribution in [1.29, 1.82) is 0 Å². The maximum atomic E-state index is 13.6. The van der Waals surface area contributed by atoms with Gasteiger partial charge in [0.15, 0.2) is 16.7 Å². The van der Waals surface area contributed by atoms with Crippen molar-refractivity contribution in [1.82, 2.24) is 10.2 Å².